The maximum Gasteiger partial charge on any atom is 0.252 e. The van der Waals surface area contributed by atoms with Crippen LogP contribution in [-0.4, -0.2) is 12.3 Å². The number of aryl methyl sites for hydroxylation is 2. The molecule has 1 aliphatic carbocycles. The lowest BCUT2D eigenvalue weighted by Gasteiger charge is -2.51. The molecule has 0 amide bonds. The second-order valence-corrected chi connectivity index (χ2v) is 25.3. The molecule has 0 spiro atoms. The van der Waals surface area contributed by atoms with Gasteiger partial charge in [-0.3, -0.25) is 0 Å². The summed E-state index contributed by atoms with van der Waals surface area (Å²) in [5.41, 5.74) is 23.8. The SMILES string of the molecule is Cc1cc(C)c2c(c1)C1(C)CCCCC1(C)N2c1cc2c3c(c1)N(c1cccc(C(C)(C)C)c1)c1cc(C(C)(C)C)ccc1B3c1ccc(C(C)(C)C)cc1N2c1cccc(C(C)(C)C)c1. The molecule has 0 radical (unpaired) electrons. The maximum absolute atomic E-state index is 2.84. The van der Waals surface area contributed by atoms with Gasteiger partial charge in [0.2, 0.25) is 0 Å². The van der Waals surface area contributed by atoms with E-state index in [1.807, 2.05) is 0 Å². The van der Waals surface area contributed by atoms with Crippen molar-refractivity contribution in [3.63, 3.8) is 0 Å². The first-order chi connectivity index (χ1) is 30.8. The molecule has 0 aromatic heterocycles. The van der Waals surface area contributed by atoms with Gasteiger partial charge in [-0.05, 0) is 154 Å². The highest BCUT2D eigenvalue weighted by Gasteiger charge is 2.58. The number of rotatable bonds is 3. The third-order valence-corrected chi connectivity index (χ3v) is 16.5. The standard InChI is InChI=1S/C62H74BN3/c1-39-31-40(2)56-48(32-39)61(15)29-17-18-30-62(61,16)66(56)47-37-53-55-54(38-47)65(46-24-20-22-42(34-46)58(6,7)8)52-36-44(60(12,13)14)26-28-50(52)63(55)49-27-25-43(59(9,10)11)35-51(49)64(53)45-23-19-21-41(33-45)57(3,4)5/h19-28,31-38H,17-18,29-30H2,1-16H3. The van der Waals surface area contributed by atoms with Gasteiger partial charge in [-0.1, -0.05) is 169 Å². The van der Waals surface area contributed by atoms with Crippen molar-refractivity contribution < 1.29 is 0 Å². The molecule has 0 bridgehead atoms. The van der Waals surface area contributed by atoms with E-state index in [0.29, 0.717) is 0 Å². The molecule has 3 heterocycles. The summed E-state index contributed by atoms with van der Waals surface area (Å²) in [6.45, 7) is 38.1. The van der Waals surface area contributed by atoms with Gasteiger partial charge in [-0.25, -0.2) is 0 Å². The van der Waals surface area contributed by atoms with Crippen molar-refractivity contribution in [2.75, 3.05) is 14.7 Å². The zero-order chi connectivity index (χ0) is 47.3. The van der Waals surface area contributed by atoms with Gasteiger partial charge >= 0.3 is 0 Å². The van der Waals surface area contributed by atoms with Crippen molar-refractivity contribution in [3.05, 3.63) is 148 Å². The molecule has 3 aliphatic heterocycles. The minimum Gasteiger partial charge on any atom is -0.334 e. The summed E-state index contributed by atoms with van der Waals surface area (Å²) in [4.78, 5) is 8.17. The fourth-order valence-corrected chi connectivity index (χ4v) is 12.4. The Labute approximate surface area is 398 Å². The fourth-order valence-electron chi connectivity index (χ4n) is 12.4. The average molecular weight is 872 g/mol. The lowest BCUT2D eigenvalue weighted by atomic mass is 9.33. The van der Waals surface area contributed by atoms with Gasteiger partial charge in [0.05, 0.1) is 5.54 Å². The summed E-state index contributed by atoms with van der Waals surface area (Å²) in [6, 6.07) is 43.9. The van der Waals surface area contributed by atoms with E-state index in [4.69, 9.17) is 0 Å². The van der Waals surface area contributed by atoms with Gasteiger partial charge in [-0.2, -0.15) is 0 Å². The summed E-state index contributed by atoms with van der Waals surface area (Å²) >= 11 is 0. The van der Waals surface area contributed by atoms with Crippen LogP contribution in [0, 0.1) is 13.8 Å². The third-order valence-electron chi connectivity index (χ3n) is 16.5. The quantitative estimate of drug-likeness (QED) is 0.164. The Bertz CT molecular complexity index is 2800. The summed E-state index contributed by atoms with van der Waals surface area (Å²) < 4.78 is 0. The molecular weight excluding hydrogens is 798 g/mol. The van der Waals surface area contributed by atoms with E-state index >= 15 is 0 Å². The van der Waals surface area contributed by atoms with Crippen molar-refractivity contribution in [1.29, 1.82) is 0 Å². The molecule has 4 aliphatic rings. The minimum absolute atomic E-state index is 0.0108. The van der Waals surface area contributed by atoms with Crippen LogP contribution >= 0.6 is 0 Å². The van der Waals surface area contributed by atoms with Crippen LogP contribution in [0.25, 0.3) is 0 Å². The highest BCUT2D eigenvalue weighted by molar-refractivity contribution is 7.00. The lowest BCUT2D eigenvalue weighted by molar-refractivity contribution is 0.195. The summed E-state index contributed by atoms with van der Waals surface area (Å²) in [5, 5.41) is 0. The van der Waals surface area contributed by atoms with Crippen LogP contribution < -0.4 is 31.1 Å². The third kappa shape index (κ3) is 6.73. The van der Waals surface area contributed by atoms with E-state index in [1.165, 1.54) is 120 Å². The van der Waals surface area contributed by atoms with Gasteiger partial charge in [0.25, 0.3) is 6.71 Å². The van der Waals surface area contributed by atoms with Crippen LogP contribution in [0.15, 0.2) is 109 Å². The van der Waals surface area contributed by atoms with E-state index in [0.717, 1.165) is 6.42 Å². The van der Waals surface area contributed by atoms with Gasteiger partial charge in [-0.15, -0.1) is 0 Å². The van der Waals surface area contributed by atoms with Gasteiger partial charge in [0.15, 0.2) is 0 Å². The Morgan fingerprint density at radius 2 is 0.924 bits per heavy atom. The van der Waals surface area contributed by atoms with Crippen molar-refractivity contribution in [2.24, 2.45) is 0 Å². The molecule has 0 N–H and O–H groups in total. The Morgan fingerprint density at radius 1 is 0.470 bits per heavy atom. The molecule has 1 saturated carbocycles. The summed E-state index contributed by atoms with van der Waals surface area (Å²) in [5.74, 6) is 0. The van der Waals surface area contributed by atoms with E-state index in [9.17, 15) is 0 Å². The second-order valence-electron chi connectivity index (χ2n) is 25.3. The Balaban J connectivity index is 1.38. The van der Waals surface area contributed by atoms with Crippen LogP contribution in [0.3, 0.4) is 0 Å². The van der Waals surface area contributed by atoms with Crippen LogP contribution in [0.2, 0.25) is 0 Å². The largest absolute Gasteiger partial charge is 0.334 e. The number of anilines is 8. The average Bonchev–Trinajstić information content (AvgIpc) is 3.45. The van der Waals surface area contributed by atoms with Crippen LogP contribution in [0.4, 0.5) is 45.5 Å². The highest BCUT2D eigenvalue weighted by atomic mass is 15.3. The molecule has 2 atom stereocenters. The smallest absolute Gasteiger partial charge is 0.252 e. The molecule has 6 aromatic rings. The summed E-state index contributed by atoms with van der Waals surface area (Å²) in [7, 11) is 0. The predicted octanol–water partition coefficient (Wildman–Crippen LogP) is 15.3. The van der Waals surface area contributed by atoms with E-state index in [-0.39, 0.29) is 39.3 Å². The molecule has 4 heteroatoms. The highest BCUT2D eigenvalue weighted by Crippen LogP contribution is 2.63. The predicted molar refractivity (Wildman–Crippen MR) is 288 cm³/mol. The maximum atomic E-state index is 2.84. The Kier molecular flexibility index (Phi) is 9.90. The lowest BCUT2D eigenvalue weighted by Crippen LogP contribution is -2.61. The first kappa shape index (κ1) is 44.6. The Morgan fingerprint density at radius 3 is 1.39 bits per heavy atom. The number of nitrogens with zero attached hydrogens (tertiary/aromatic N) is 3. The zero-order valence-electron chi connectivity index (χ0n) is 43.1. The van der Waals surface area contributed by atoms with E-state index in [1.54, 1.807) is 0 Å². The molecular formula is C62H74BN3. The van der Waals surface area contributed by atoms with Crippen molar-refractivity contribution in [3.8, 4) is 0 Å². The molecule has 1 fully saturated rings. The first-order valence-corrected chi connectivity index (χ1v) is 25.0. The minimum atomic E-state index is -0.113. The van der Waals surface area contributed by atoms with Crippen molar-refractivity contribution >= 4 is 68.6 Å². The molecule has 6 aromatic carbocycles. The van der Waals surface area contributed by atoms with Crippen LogP contribution in [0.1, 0.15) is 162 Å². The van der Waals surface area contributed by atoms with E-state index in [2.05, 4.69) is 235 Å². The normalized spacial score (nSPS) is 20.2. The van der Waals surface area contributed by atoms with Crippen LogP contribution in [0.5, 0.6) is 0 Å². The summed E-state index contributed by atoms with van der Waals surface area (Å²) in [6.07, 6.45) is 4.84. The van der Waals surface area contributed by atoms with Crippen molar-refractivity contribution in [1.82, 2.24) is 0 Å². The number of fused-ring (bicyclic) bond motifs is 7. The second kappa shape index (κ2) is 14.6. The number of hydrogen-bond donors (Lipinski definition) is 0. The molecule has 10 rings (SSSR count). The van der Waals surface area contributed by atoms with Crippen molar-refractivity contribution in [2.45, 2.75) is 169 Å². The number of benzene rings is 6. The van der Waals surface area contributed by atoms with E-state index < -0.39 is 0 Å². The van der Waals surface area contributed by atoms with Gasteiger partial charge in [0.1, 0.15) is 0 Å². The topological polar surface area (TPSA) is 9.72 Å². The zero-order valence-corrected chi connectivity index (χ0v) is 43.1. The fraction of sp³-hybridized carbons (Fsp3) is 0.419. The Hall–Kier alpha value is -5.22. The first-order valence-electron chi connectivity index (χ1n) is 25.0. The van der Waals surface area contributed by atoms with Gasteiger partial charge < -0.3 is 14.7 Å². The molecule has 3 nitrogen and oxygen atoms in total. The molecule has 340 valence electrons. The number of hydrogen-bond acceptors (Lipinski definition) is 3. The van der Waals surface area contributed by atoms with Gasteiger partial charge in [0, 0.05) is 50.9 Å². The molecule has 66 heavy (non-hydrogen) atoms. The monoisotopic (exact) mass is 872 g/mol. The molecule has 2 unspecified atom stereocenters. The molecule has 0 saturated heterocycles. The van der Waals surface area contributed by atoms with Crippen LogP contribution in [-0.2, 0) is 27.1 Å².